The second-order valence-electron chi connectivity index (χ2n) is 5.15. The number of hydrogen-bond acceptors (Lipinski definition) is 5. The minimum Gasteiger partial charge on any atom is -0.396 e. The van der Waals surface area contributed by atoms with Gasteiger partial charge in [-0.3, -0.25) is 4.79 Å². The van der Waals surface area contributed by atoms with Gasteiger partial charge < -0.3 is 10.0 Å². The fourth-order valence-electron chi connectivity index (χ4n) is 2.46. The number of rotatable bonds is 2. The minimum absolute atomic E-state index is 0.161. The van der Waals surface area contributed by atoms with Crippen LogP contribution in [0.25, 0.3) is 5.78 Å². The zero-order chi connectivity index (χ0) is 14.1. The second-order valence-corrected chi connectivity index (χ2v) is 5.15. The highest BCUT2D eigenvalue weighted by Gasteiger charge is 2.26. The summed E-state index contributed by atoms with van der Waals surface area (Å²) < 4.78 is 1.58. The van der Waals surface area contributed by atoms with Crippen molar-refractivity contribution < 1.29 is 9.90 Å². The van der Waals surface area contributed by atoms with Gasteiger partial charge in [0.15, 0.2) is 0 Å². The van der Waals surface area contributed by atoms with E-state index in [0.29, 0.717) is 24.8 Å². The Labute approximate surface area is 116 Å². The fraction of sp³-hybridized carbons (Fsp3) is 0.538. The number of aromatic nitrogens is 4. The van der Waals surface area contributed by atoms with E-state index in [-0.39, 0.29) is 18.3 Å². The molecule has 2 aromatic heterocycles. The van der Waals surface area contributed by atoms with E-state index in [9.17, 15) is 4.79 Å². The van der Waals surface area contributed by atoms with E-state index < -0.39 is 0 Å². The Kier molecular flexibility index (Phi) is 3.35. The molecule has 0 aliphatic carbocycles. The zero-order valence-corrected chi connectivity index (χ0v) is 11.4. The van der Waals surface area contributed by atoms with Crippen molar-refractivity contribution in [2.24, 2.45) is 5.92 Å². The maximum atomic E-state index is 12.4. The van der Waals surface area contributed by atoms with Crippen molar-refractivity contribution in [1.82, 2.24) is 24.5 Å². The molecule has 106 valence electrons. The number of carbonyl (C=O) groups excluding carboxylic acids is 1. The van der Waals surface area contributed by atoms with E-state index in [4.69, 9.17) is 5.11 Å². The predicted molar refractivity (Wildman–Crippen MR) is 71.2 cm³/mol. The summed E-state index contributed by atoms with van der Waals surface area (Å²) in [5.74, 6) is 0.774. The Morgan fingerprint density at radius 2 is 2.20 bits per heavy atom. The molecule has 7 heteroatoms. The van der Waals surface area contributed by atoms with Crippen LogP contribution in [0.1, 0.15) is 29.2 Å². The summed E-state index contributed by atoms with van der Waals surface area (Å²) in [6.07, 6.45) is 3.31. The smallest absolute Gasteiger partial charge is 0.293 e. The second kappa shape index (κ2) is 5.16. The van der Waals surface area contributed by atoms with E-state index in [1.165, 1.54) is 0 Å². The summed E-state index contributed by atoms with van der Waals surface area (Å²) in [7, 11) is 0. The van der Waals surface area contributed by atoms with E-state index in [2.05, 4.69) is 15.1 Å². The molecule has 1 saturated heterocycles. The molecule has 0 bridgehead atoms. The summed E-state index contributed by atoms with van der Waals surface area (Å²) in [5.41, 5.74) is 0.889. The molecule has 3 rings (SSSR count). The van der Waals surface area contributed by atoms with Gasteiger partial charge in [-0.25, -0.2) is 9.50 Å². The Morgan fingerprint density at radius 3 is 2.85 bits per heavy atom. The van der Waals surface area contributed by atoms with Crippen LogP contribution in [0.15, 0.2) is 12.3 Å². The maximum absolute atomic E-state index is 12.4. The van der Waals surface area contributed by atoms with E-state index in [0.717, 1.165) is 18.5 Å². The minimum atomic E-state index is -0.161. The molecule has 0 radical (unpaired) electrons. The first-order valence-electron chi connectivity index (χ1n) is 6.77. The average Bonchev–Trinajstić information content (AvgIpc) is 2.92. The van der Waals surface area contributed by atoms with Crippen LogP contribution in [0, 0.1) is 12.8 Å². The van der Waals surface area contributed by atoms with E-state index in [1.807, 2.05) is 13.0 Å². The molecule has 0 unspecified atom stereocenters. The summed E-state index contributed by atoms with van der Waals surface area (Å²) in [4.78, 5) is 22.4. The molecule has 20 heavy (non-hydrogen) atoms. The number of likely N-dealkylation sites (tertiary alicyclic amines) is 1. The predicted octanol–water partition coefficient (Wildman–Crippen LogP) is 0.277. The average molecular weight is 275 g/mol. The third kappa shape index (κ3) is 2.24. The van der Waals surface area contributed by atoms with Gasteiger partial charge in [0.25, 0.3) is 11.7 Å². The zero-order valence-electron chi connectivity index (χ0n) is 11.4. The summed E-state index contributed by atoms with van der Waals surface area (Å²) in [5, 5.41) is 13.3. The number of piperidine rings is 1. The molecule has 0 spiro atoms. The molecule has 0 aromatic carbocycles. The number of aliphatic hydroxyl groups excluding tert-OH is 1. The lowest BCUT2D eigenvalue weighted by atomic mass is 9.98. The summed E-state index contributed by atoms with van der Waals surface area (Å²) in [6, 6.07) is 1.82. The normalized spacial score (nSPS) is 16.8. The molecular formula is C13H17N5O2. The first-order valence-corrected chi connectivity index (χ1v) is 6.77. The highest BCUT2D eigenvalue weighted by molar-refractivity contribution is 5.90. The largest absolute Gasteiger partial charge is 0.396 e. The Morgan fingerprint density at radius 1 is 1.45 bits per heavy atom. The Hall–Kier alpha value is -2.02. The number of nitrogens with zero attached hydrogens (tertiary/aromatic N) is 5. The van der Waals surface area contributed by atoms with Crippen molar-refractivity contribution in [3.63, 3.8) is 0 Å². The van der Waals surface area contributed by atoms with Crippen LogP contribution < -0.4 is 0 Å². The molecular weight excluding hydrogens is 258 g/mol. The molecule has 3 heterocycles. The highest BCUT2D eigenvalue weighted by Crippen LogP contribution is 2.17. The number of aryl methyl sites for hydroxylation is 1. The van der Waals surface area contributed by atoms with Gasteiger partial charge >= 0.3 is 0 Å². The van der Waals surface area contributed by atoms with Crippen molar-refractivity contribution in [2.75, 3.05) is 19.7 Å². The lowest BCUT2D eigenvalue weighted by Crippen LogP contribution is -2.39. The van der Waals surface area contributed by atoms with Crippen LogP contribution in [-0.2, 0) is 0 Å². The first-order chi connectivity index (χ1) is 9.69. The molecule has 0 atom stereocenters. The molecule has 1 amide bonds. The van der Waals surface area contributed by atoms with Crippen LogP contribution in [0.2, 0.25) is 0 Å². The molecule has 1 aliphatic heterocycles. The standard InChI is InChI=1S/C13H17N5O2/c1-9-2-5-14-13-15-11(16-18(9)13)12(20)17-6-3-10(8-19)4-7-17/h2,5,10,19H,3-4,6-8H2,1H3. The quantitative estimate of drug-likeness (QED) is 0.851. The lowest BCUT2D eigenvalue weighted by Gasteiger charge is -2.30. The van der Waals surface area contributed by atoms with Crippen LogP contribution in [0.3, 0.4) is 0 Å². The Bertz CT molecular complexity index is 631. The summed E-state index contributed by atoms with van der Waals surface area (Å²) in [6.45, 7) is 3.38. The number of fused-ring (bicyclic) bond motifs is 1. The van der Waals surface area contributed by atoms with Crippen molar-refractivity contribution in [1.29, 1.82) is 0 Å². The maximum Gasteiger partial charge on any atom is 0.293 e. The van der Waals surface area contributed by atoms with Crippen LogP contribution in [-0.4, -0.2) is 55.2 Å². The highest BCUT2D eigenvalue weighted by atomic mass is 16.3. The van der Waals surface area contributed by atoms with Crippen LogP contribution >= 0.6 is 0 Å². The van der Waals surface area contributed by atoms with Gasteiger partial charge in [0.1, 0.15) is 0 Å². The monoisotopic (exact) mass is 275 g/mol. The lowest BCUT2D eigenvalue weighted by molar-refractivity contribution is 0.0639. The van der Waals surface area contributed by atoms with Crippen molar-refractivity contribution in [3.8, 4) is 0 Å². The van der Waals surface area contributed by atoms with Gasteiger partial charge in [-0.05, 0) is 31.7 Å². The van der Waals surface area contributed by atoms with E-state index >= 15 is 0 Å². The number of aliphatic hydroxyl groups is 1. The van der Waals surface area contributed by atoms with Crippen LogP contribution in [0.4, 0.5) is 0 Å². The first kappa shape index (κ1) is 13.0. The van der Waals surface area contributed by atoms with Crippen LogP contribution in [0.5, 0.6) is 0 Å². The fourth-order valence-corrected chi connectivity index (χ4v) is 2.46. The van der Waals surface area contributed by atoms with Gasteiger partial charge in [-0.1, -0.05) is 0 Å². The molecule has 1 N–H and O–H groups in total. The third-order valence-corrected chi connectivity index (χ3v) is 3.78. The summed E-state index contributed by atoms with van der Waals surface area (Å²) >= 11 is 0. The van der Waals surface area contributed by atoms with E-state index in [1.54, 1.807) is 15.6 Å². The van der Waals surface area contributed by atoms with Gasteiger partial charge in [0, 0.05) is 31.6 Å². The van der Waals surface area contributed by atoms with Crippen molar-refractivity contribution in [2.45, 2.75) is 19.8 Å². The van der Waals surface area contributed by atoms with Gasteiger partial charge in [-0.2, -0.15) is 4.98 Å². The Balaban J connectivity index is 1.81. The van der Waals surface area contributed by atoms with Crippen molar-refractivity contribution >= 4 is 11.7 Å². The molecule has 7 nitrogen and oxygen atoms in total. The number of carbonyl (C=O) groups is 1. The number of hydrogen-bond donors (Lipinski definition) is 1. The van der Waals surface area contributed by atoms with Gasteiger partial charge in [-0.15, -0.1) is 5.10 Å². The van der Waals surface area contributed by atoms with Gasteiger partial charge in [0.2, 0.25) is 5.82 Å². The van der Waals surface area contributed by atoms with Gasteiger partial charge in [0.05, 0.1) is 0 Å². The molecule has 1 aliphatic rings. The molecule has 0 saturated carbocycles. The molecule has 2 aromatic rings. The third-order valence-electron chi connectivity index (χ3n) is 3.78. The number of amides is 1. The topological polar surface area (TPSA) is 83.6 Å². The molecule has 1 fully saturated rings. The SMILES string of the molecule is Cc1ccnc2nc(C(=O)N3CCC(CO)CC3)nn12. The van der Waals surface area contributed by atoms with Crippen molar-refractivity contribution in [3.05, 3.63) is 23.8 Å².